The fourth-order valence-corrected chi connectivity index (χ4v) is 2.32. The van der Waals surface area contributed by atoms with E-state index in [0.29, 0.717) is 11.7 Å². The average Bonchev–Trinajstić information content (AvgIpc) is 3.01. The van der Waals surface area contributed by atoms with Gasteiger partial charge in [0.05, 0.1) is 11.7 Å². The quantitative estimate of drug-likeness (QED) is 0.755. The van der Waals surface area contributed by atoms with E-state index < -0.39 is 0 Å². The molecule has 0 saturated carbocycles. The van der Waals surface area contributed by atoms with Crippen LogP contribution in [0, 0.1) is 0 Å². The number of hydrogen-bond donors (Lipinski definition) is 2. The molecule has 5 heteroatoms. The molecule has 2 N–H and O–H groups in total. The molecular formula is C18H19N3O2. The van der Waals surface area contributed by atoms with Gasteiger partial charge in [0.2, 0.25) is 0 Å². The van der Waals surface area contributed by atoms with Crippen molar-refractivity contribution in [2.75, 3.05) is 11.9 Å². The third-order valence-corrected chi connectivity index (χ3v) is 3.64. The van der Waals surface area contributed by atoms with E-state index in [0.717, 1.165) is 16.6 Å². The summed E-state index contributed by atoms with van der Waals surface area (Å²) in [6, 6.07) is 13.4. The molecule has 0 atom stereocenters. The number of carbonyl (C=O) groups excluding carboxylic acids is 1. The SMILES string of the molecule is CC(C)c1ccc(OCC(=O)Nc2ccc3[nH]ncc3c2)cc1. The Morgan fingerprint density at radius 1 is 1.22 bits per heavy atom. The number of H-pyrrole nitrogens is 1. The van der Waals surface area contributed by atoms with Crippen LogP contribution in [-0.4, -0.2) is 22.7 Å². The highest BCUT2D eigenvalue weighted by Crippen LogP contribution is 2.19. The van der Waals surface area contributed by atoms with Crippen LogP contribution in [0.25, 0.3) is 10.9 Å². The molecule has 118 valence electrons. The van der Waals surface area contributed by atoms with Gasteiger partial charge in [-0.15, -0.1) is 0 Å². The molecule has 3 aromatic rings. The van der Waals surface area contributed by atoms with Gasteiger partial charge in [0, 0.05) is 11.1 Å². The number of hydrogen-bond acceptors (Lipinski definition) is 3. The van der Waals surface area contributed by atoms with Crippen molar-refractivity contribution in [3.63, 3.8) is 0 Å². The summed E-state index contributed by atoms with van der Waals surface area (Å²) in [5.41, 5.74) is 2.90. The zero-order valence-corrected chi connectivity index (χ0v) is 13.2. The van der Waals surface area contributed by atoms with Crippen LogP contribution in [0.3, 0.4) is 0 Å². The number of rotatable bonds is 5. The van der Waals surface area contributed by atoms with Crippen molar-refractivity contribution >= 4 is 22.5 Å². The van der Waals surface area contributed by atoms with Crippen molar-refractivity contribution in [3.05, 3.63) is 54.2 Å². The van der Waals surface area contributed by atoms with Crippen molar-refractivity contribution in [1.82, 2.24) is 10.2 Å². The fourth-order valence-electron chi connectivity index (χ4n) is 2.32. The minimum Gasteiger partial charge on any atom is -0.484 e. The Kier molecular flexibility index (Phi) is 4.28. The fraction of sp³-hybridized carbons (Fsp3) is 0.222. The summed E-state index contributed by atoms with van der Waals surface area (Å²) in [6.45, 7) is 4.25. The first kappa shape index (κ1) is 15.1. The Morgan fingerprint density at radius 3 is 2.74 bits per heavy atom. The zero-order valence-electron chi connectivity index (χ0n) is 13.2. The Labute approximate surface area is 134 Å². The van der Waals surface area contributed by atoms with Gasteiger partial charge in [-0.25, -0.2) is 0 Å². The molecule has 0 aliphatic heterocycles. The normalized spacial score (nSPS) is 10.9. The lowest BCUT2D eigenvalue weighted by molar-refractivity contribution is -0.118. The van der Waals surface area contributed by atoms with Crippen molar-refractivity contribution < 1.29 is 9.53 Å². The van der Waals surface area contributed by atoms with Crippen molar-refractivity contribution in [1.29, 1.82) is 0 Å². The van der Waals surface area contributed by atoms with Crippen molar-refractivity contribution in [2.45, 2.75) is 19.8 Å². The number of ether oxygens (including phenoxy) is 1. The lowest BCUT2D eigenvalue weighted by Crippen LogP contribution is -2.20. The van der Waals surface area contributed by atoms with Gasteiger partial charge in [-0.2, -0.15) is 5.10 Å². The first-order valence-electron chi connectivity index (χ1n) is 7.57. The Morgan fingerprint density at radius 2 is 2.00 bits per heavy atom. The maximum Gasteiger partial charge on any atom is 0.262 e. The van der Waals surface area contributed by atoms with Gasteiger partial charge in [0.1, 0.15) is 5.75 Å². The van der Waals surface area contributed by atoms with Crippen LogP contribution in [0.1, 0.15) is 25.3 Å². The molecule has 0 saturated heterocycles. The van der Waals surface area contributed by atoms with E-state index in [2.05, 4.69) is 29.4 Å². The second-order valence-electron chi connectivity index (χ2n) is 5.73. The molecule has 0 aliphatic rings. The smallest absolute Gasteiger partial charge is 0.262 e. The first-order chi connectivity index (χ1) is 11.1. The van der Waals surface area contributed by atoms with E-state index in [9.17, 15) is 4.79 Å². The molecule has 0 unspecified atom stereocenters. The van der Waals surface area contributed by atoms with Crippen LogP contribution in [0.5, 0.6) is 5.75 Å². The topological polar surface area (TPSA) is 67.0 Å². The van der Waals surface area contributed by atoms with E-state index in [4.69, 9.17) is 4.74 Å². The summed E-state index contributed by atoms with van der Waals surface area (Å²) in [5, 5.41) is 10.6. The number of amides is 1. The molecule has 1 heterocycles. The highest BCUT2D eigenvalue weighted by molar-refractivity contribution is 5.94. The number of benzene rings is 2. The molecule has 2 aromatic carbocycles. The molecule has 0 spiro atoms. The van der Waals surface area contributed by atoms with Gasteiger partial charge < -0.3 is 10.1 Å². The van der Waals surface area contributed by atoms with Gasteiger partial charge in [-0.1, -0.05) is 26.0 Å². The summed E-state index contributed by atoms with van der Waals surface area (Å²) in [4.78, 5) is 12.0. The van der Waals surface area contributed by atoms with Crippen LogP contribution in [0.15, 0.2) is 48.7 Å². The van der Waals surface area contributed by atoms with E-state index in [1.807, 2.05) is 42.5 Å². The third-order valence-electron chi connectivity index (χ3n) is 3.64. The van der Waals surface area contributed by atoms with Crippen molar-refractivity contribution in [3.8, 4) is 5.75 Å². The van der Waals surface area contributed by atoms with Gasteiger partial charge in [0.15, 0.2) is 6.61 Å². The lowest BCUT2D eigenvalue weighted by Gasteiger charge is -2.09. The minimum absolute atomic E-state index is 0.0234. The van der Waals surface area contributed by atoms with Gasteiger partial charge in [-0.3, -0.25) is 9.89 Å². The van der Waals surface area contributed by atoms with Crippen LogP contribution >= 0.6 is 0 Å². The predicted molar refractivity (Wildman–Crippen MR) is 90.7 cm³/mol. The molecule has 0 radical (unpaired) electrons. The number of aromatic nitrogens is 2. The van der Waals surface area contributed by atoms with E-state index >= 15 is 0 Å². The first-order valence-corrected chi connectivity index (χ1v) is 7.57. The standard InChI is InChI=1S/C18H19N3O2/c1-12(2)13-3-6-16(7-4-13)23-11-18(22)20-15-5-8-17-14(9-15)10-19-21-17/h3-10,12H,11H2,1-2H3,(H,19,21)(H,20,22). The second kappa shape index (κ2) is 6.52. The van der Waals surface area contributed by atoms with E-state index in [1.165, 1.54) is 5.56 Å². The number of carbonyl (C=O) groups is 1. The second-order valence-corrected chi connectivity index (χ2v) is 5.73. The number of nitrogens with one attached hydrogen (secondary N) is 2. The third kappa shape index (κ3) is 3.69. The molecule has 0 aliphatic carbocycles. The van der Waals surface area contributed by atoms with Crippen molar-refractivity contribution in [2.24, 2.45) is 0 Å². The number of nitrogens with zero attached hydrogens (tertiary/aromatic N) is 1. The van der Waals surface area contributed by atoms with Gasteiger partial charge in [0.25, 0.3) is 5.91 Å². The molecular weight excluding hydrogens is 290 g/mol. The summed E-state index contributed by atoms with van der Waals surface area (Å²) in [7, 11) is 0. The zero-order chi connectivity index (χ0) is 16.2. The van der Waals surface area contributed by atoms with Crippen LogP contribution < -0.4 is 10.1 Å². The lowest BCUT2D eigenvalue weighted by atomic mass is 10.0. The average molecular weight is 309 g/mol. The van der Waals surface area contributed by atoms with Crippen LogP contribution in [0.2, 0.25) is 0 Å². The summed E-state index contributed by atoms with van der Waals surface area (Å²) in [6.07, 6.45) is 1.72. The number of anilines is 1. The largest absolute Gasteiger partial charge is 0.484 e. The summed E-state index contributed by atoms with van der Waals surface area (Å²) >= 11 is 0. The number of aromatic amines is 1. The monoisotopic (exact) mass is 309 g/mol. The molecule has 1 amide bonds. The van der Waals surface area contributed by atoms with Crippen LogP contribution in [0.4, 0.5) is 5.69 Å². The Bertz CT molecular complexity index is 807. The highest BCUT2D eigenvalue weighted by Gasteiger charge is 2.06. The molecule has 0 fully saturated rings. The Hall–Kier alpha value is -2.82. The maximum absolute atomic E-state index is 12.0. The molecule has 1 aromatic heterocycles. The van der Waals surface area contributed by atoms with Crippen LogP contribution in [-0.2, 0) is 4.79 Å². The molecule has 0 bridgehead atoms. The van der Waals surface area contributed by atoms with E-state index in [-0.39, 0.29) is 12.5 Å². The summed E-state index contributed by atoms with van der Waals surface area (Å²) in [5.74, 6) is 0.973. The minimum atomic E-state index is -0.194. The van der Waals surface area contributed by atoms with Gasteiger partial charge in [-0.05, 0) is 41.8 Å². The highest BCUT2D eigenvalue weighted by atomic mass is 16.5. The molecule has 3 rings (SSSR count). The van der Waals surface area contributed by atoms with E-state index in [1.54, 1.807) is 6.20 Å². The summed E-state index contributed by atoms with van der Waals surface area (Å²) < 4.78 is 5.52. The molecule has 23 heavy (non-hydrogen) atoms. The molecule has 5 nitrogen and oxygen atoms in total. The van der Waals surface area contributed by atoms with Gasteiger partial charge >= 0.3 is 0 Å². The number of fused-ring (bicyclic) bond motifs is 1. The predicted octanol–water partition coefficient (Wildman–Crippen LogP) is 3.70. The Balaban J connectivity index is 1.56. The maximum atomic E-state index is 12.0.